The molecule has 0 radical (unpaired) electrons. The third kappa shape index (κ3) is 4.42. The lowest BCUT2D eigenvalue weighted by Gasteiger charge is -2.32. The highest BCUT2D eigenvalue weighted by Crippen LogP contribution is 2.33. The average Bonchev–Trinajstić information content (AvgIpc) is 3.58. The van der Waals surface area contributed by atoms with E-state index in [0.29, 0.717) is 5.92 Å². The zero-order valence-corrected chi connectivity index (χ0v) is 18.9. The number of hydrogen-bond acceptors (Lipinski definition) is 5. The molecule has 1 N–H and O–H groups in total. The Morgan fingerprint density at radius 2 is 1.97 bits per heavy atom. The van der Waals surface area contributed by atoms with Crippen molar-refractivity contribution in [1.82, 2.24) is 19.4 Å². The fourth-order valence-corrected chi connectivity index (χ4v) is 4.42. The zero-order chi connectivity index (χ0) is 22.1. The van der Waals surface area contributed by atoms with Crippen LogP contribution in [0.1, 0.15) is 42.9 Å². The number of piperidine rings is 1. The van der Waals surface area contributed by atoms with Crippen LogP contribution in [0.4, 0.5) is 5.82 Å². The third-order valence-electron chi connectivity index (χ3n) is 6.70. The molecule has 5 rings (SSSR count). The predicted octanol–water partition coefficient (Wildman–Crippen LogP) is 3.88. The molecule has 1 aliphatic heterocycles. The number of nitrogens with zero attached hydrogens (tertiary/aromatic N) is 4. The summed E-state index contributed by atoms with van der Waals surface area (Å²) in [4.78, 5) is 24.1. The van der Waals surface area contributed by atoms with Gasteiger partial charge >= 0.3 is 0 Å². The number of ether oxygens (including phenoxy) is 1. The van der Waals surface area contributed by atoms with Crippen molar-refractivity contribution >= 4 is 22.8 Å². The summed E-state index contributed by atoms with van der Waals surface area (Å²) in [6.07, 6.45) is 6.29. The number of amides is 1. The molecule has 1 aliphatic carbocycles. The van der Waals surface area contributed by atoms with Gasteiger partial charge in [-0.25, -0.2) is 9.97 Å². The molecular formula is C25H31N5O2. The Bertz CT molecular complexity index is 1110. The van der Waals surface area contributed by atoms with Crippen LogP contribution in [0.2, 0.25) is 0 Å². The van der Waals surface area contributed by atoms with Crippen LogP contribution >= 0.6 is 0 Å². The molecule has 0 bridgehead atoms. The average molecular weight is 434 g/mol. The Morgan fingerprint density at radius 3 is 2.72 bits per heavy atom. The number of imidazole rings is 1. The monoisotopic (exact) mass is 433 g/mol. The number of anilines is 1. The molecule has 32 heavy (non-hydrogen) atoms. The molecule has 1 amide bonds. The van der Waals surface area contributed by atoms with Crippen LogP contribution in [0, 0.1) is 12.8 Å². The first-order valence-electron chi connectivity index (χ1n) is 11.6. The number of rotatable bonds is 7. The molecule has 3 aromatic rings. The zero-order valence-electron chi connectivity index (χ0n) is 18.9. The molecule has 168 valence electrons. The maximum Gasteiger partial charge on any atom is 0.260 e. The molecule has 2 aliphatic rings. The summed E-state index contributed by atoms with van der Waals surface area (Å²) in [5.41, 5.74) is 4.20. The number of para-hydroxylation sites is 1. The van der Waals surface area contributed by atoms with E-state index in [9.17, 15) is 4.79 Å². The standard InChI is InChI=1S/C25H31N5O2/c1-17-5-3-4-6-22(17)32-15-23(31)30-11-9-19(10-12-30)20-13-21-24(27-16-29(21)2)25(28-20)26-14-18-7-8-18/h3-6,13,16,18-19H,7-12,14-15H2,1-2H3,(H,26,28). The van der Waals surface area contributed by atoms with Gasteiger partial charge in [0, 0.05) is 38.3 Å². The van der Waals surface area contributed by atoms with Crippen molar-refractivity contribution in [1.29, 1.82) is 0 Å². The van der Waals surface area contributed by atoms with Crippen molar-refractivity contribution in [3.63, 3.8) is 0 Å². The van der Waals surface area contributed by atoms with Gasteiger partial charge in [0.2, 0.25) is 0 Å². The molecule has 0 atom stereocenters. The Balaban J connectivity index is 1.23. The second kappa shape index (κ2) is 8.81. The molecular weight excluding hydrogens is 402 g/mol. The van der Waals surface area contributed by atoms with Crippen molar-refractivity contribution < 1.29 is 9.53 Å². The lowest BCUT2D eigenvalue weighted by atomic mass is 9.92. The lowest BCUT2D eigenvalue weighted by molar-refractivity contribution is -0.134. The van der Waals surface area contributed by atoms with E-state index in [1.807, 2.05) is 49.5 Å². The highest BCUT2D eigenvalue weighted by Gasteiger charge is 2.27. The van der Waals surface area contributed by atoms with E-state index in [1.54, 1.807) is 0 Å². The van der Waals surface area contributed by atoms with Gasteiger partial charge in [-0.1, -0.05) is 18.2 Å². The summed E-state index contributed by atoms with van der Waals surface area (Å²) < 4.78 is 7.82. The van der Waals surface area contributed by atoms with E-state index >= 15 is 0 Å². The van der Waals surface area contributed by atoms with Crippen LogP contribution < -0.4 is 10.1 Å². The second-order valence-electron chi connectivity index (χ2n) is 9.15. The topological polar surface area (TPSA) is 72.3 Å². The molecule has 0 unspecified atom stereocenters. The largest absolute Gasteiger partial charge is 0.484 e. The van der Waals surface area contributed by atoms with Crippen molar-refractivity contribution in [2.24, 2.45) is 13.0 Å². The number of carbonyl (C=O) groups is 1. The van der Waals surface area contributed by atoms with E-state index in [0.717, 1.165) is 72.3 Å². The van der Waals surface area contributed by atoms with Gasteiger partial charge in [-0.15, -0.1) is 0 Å². The fourth-order valence-electron chi connectivity index (χ4n) is 4.42. The van der Waals surface area contributed by atoms with Gasteiger partial charge in [0.25, 0.3) is 5.91 Å². The number of benzene rings is 1. The number of nitrogens with one attached hydrogen (secondary N) is 1. The molecule has 1 aromatic carbocycles. The second-order valence-corrected chi connectivity index (χ2v) is 9.15. The van der Waals surface area contributed by atoms with Crippen LogP contribution in [0.25, 0.3) is 11.0 Å². The first-order chi connectivity index (χ1) is 15.6. The summed E-state index contributed by atoms with van der Waals surface area (Å²) in [6, 6.07) is 9.97. The van der Waals surface area contributed by atoms with E-state index < -0.39 is 0 Å². The molecule has 1 saturated heterocycles. The molecule has 7 nitrogen and oxygen atoms in total. The third-order valence-corrected chi connectivity index (χ3v) is 6.70. The first-order valence-corrected chi connectivity index (χ1v) is 11.6. The Labute approximate surface area is 188 Å². The van der Waals surface area contributed by atoms with Gasteiger partial charge in [0.05, 0.1) is 11.8 Å². The quantitative estimate of drug-likeness (QED) is 0.612. The number of carbonyl (C=O) groups excluding carboxylic acids is 1. The fraction of sp³-hybridized carbons (Fsp3) is 0.480. The summed E-state index contributed by atoms with van der Waals surface area (Å²) in [5, 5.41) is 3.54. The first kappa shape index (κ1) is 20.8. The Kier molecular flexibility index (Phi) is 5.72. The summed E-state index contributed by atoms with van der Waals surface area (Å²) >= 11 is 0. The summed E-state index contributed by atoms with van der Waals surface area (Å²) in [7, 11) is 2.03. The van der Waals surface area contributed by atoms with Crippen LogP contribution in [0.5, 0.6) is 5.75 Å². The van der Waals surface area contributed by atoms with Crippen LogP contribution in [-0.2, 0) is 11.8 Å². The van der Waals surface area contributed by atoms with Gasteiger partial charge in [-0.3, -0.25) is 4.79 Å². The molecule has 0 spiro atoms. The van der Waals surface area contributed by atoms with Crippen molar-refractivity contribution in [3.05, 3.63) is 47.9 Å². The SMILES string of the molecule is Cc1ccccc1OCC(=O)N1CCC(c2cc3c(ncn3C)c(NCC3CC3)n2)CC1. The minimum Gasteiger partial charge on any atom is -0.484 e. The maximum absolute atomic E-state index is 12.7. The molecule has 2 aromatic heterocycles. The normalized spacial score (nSPS) is 17.0. The minimum absolute atomic E-state index is 0.0496. The van der Waals surface area contributed by atoms with Gasteiger partial charge in [0.1, 0.15) is 11.3 Å². The van der Waals surface area contributed by atoms with Crippen molar-refractivity contribution in [2.75, 3.05) is 31.6 Å². The Hall–Kier alpha value is -3.09. The number of aryl methyl sites for hydroxylation is 2. The number of pyridine rings is 1. The van der Waals surface area contributed by atoms with Crippen molar-refractivity contribution in [3.8, 4) is 5.75 Å². The smallest absolute Gasteiger partial charge is 0.260 e. The number of hydrogen-bond donors (Lipinski definition) is 1. The van der Waals surface area contributed by atoms with Gasteiger partial charge in [-0.2, -0.15) is 0 Å². The van der Waals surface area contributed by atoms with E-state index in [4.69, 9.17) is 9.72 Å². The highest BCUT2D eigenvalue weighted by atomic mass is 16.5. The highest BCUT2D eigenvalue weighted by molar-refractivity contribution is 5.86. The number of fused-ring (bicyclic) bond motifs is 1. The van der Waals surface area contributed by atoms with E-state index in [2.05, 4.69) is 20.9 Å². The summed E-state index contributed by atoms with van der Waals surface area (Å²) in [5.74, 6) is 2.84. The van der Waals surface area contributed by atoms with Gasteiger partial charge in [-0.05, 0) is 56.2 Å². The summed E-state index contributed by atoms with van der Waals surface area (Å²) in [6.45, 7) is 4.51. The molecule has 3 heterocycles. The van der Waals surface area contributed by atoms with Crippen LogP contribution in [-0.4, -0.2) is 51.6 Å². The number of likely N-dealkylation sites (tertiary alicyclic amines) is 1. The van der Waals surface area contributed by atoms with E-state index in [1.165, 1.54) is 12.8 Å². The van der Waals surface area contributed by atoms with Crippen LogP contribution in [0.15, 0.2) is 36.7 Å². The maximum atomic E-state index is 12.7. The Morgan fingerprint density at radius 1 is 1.19 bits per heavy atom. The molecule has 2 fully saturated rings. The predicted molar refractivity (Wildman–Crippen MR) is 125 cm³/mol. The van der Waals surface area contributed by atoms with Gasteiger partial charge in [0.15, 0.2) is 12.4 Å². The molecule has 7 heteroatoms. The molecule has 1 saturated carbocycles. The lowest BCUT2D eigenvalue weighted by Crippen LogP contribution is -2.40. The number of aromatic nitrogens is 3. The van der Waals surface area contributed by atoms with Gasteiger partial charge < -0.3 is 19.5 Å². The minimum atomic E-state index is 0.0496. The van der Waals surface area contributed by atoms with Crippen LogP contribution in [0.3, 0.4) is 0 Å². The van der Waals surface area contributed by atoms with Crippen molar-refractivity contribution in [2.45, 2.75) is 38.5 Å². The van der Waals surface area contributed by atoms with E-state index in [-0.39, 0.29) is 12.5 Å².